The van der Waals surface area contributed by atoms with E-state index < -0.39 is 5.97 Å². The Balaban J connectivity index is 2.89. The van der Waals surface area contributed by atoms with E-state index in [4.69, 9.17) is 5.11 Å². The van der Waals surface area contributed by atoms with Crippen LogP contribution in [0.25, 0.3) is 0 Å². The molecule has 0 aromatic carbocycles. The molecule has 0 saturated heterocycles. The summed E-state index contributed by atoms with van der Waals surface area (Å²) < 4.78 is 0. The fraction of sp³-hybridized carbons (Fsp3) is 0.667. The molecule has 0 radical (unpaired) electrons. The van der Waals surface area contributed by atoms with E-state index in [1.54, 1.807) is 0 Å². The molecule has 1 heterocycles. The number of aromatic carboxylic acids is 1. The number of hydrogen-bond acceptors (Lipinski definition) is 4. The summed E-state index contributed by atoms with van der Waals surface area (Å²) in [6.45, 7) is 10.0. The summed E-state index contributed by atoms with van der Waals surface area (Å²) in [5.41, 5.74) is 0.188. The molecule has 0 aliphatic heterocycles. The van der Waals surface area contributed by atoms with E-state index in [-0.39, 0.29) is 5.69 Å². The van der Waals surface area contributed by atoms with E-state index in [0.717, 1.165) is 29.5 Å². The maximum absolute atomic E-state index is 11.0. The predicted molar refractivity (Wildman–Crippen MR) is 71.2 cm³/mol. The molecule has 1 rings (SSSR count). The highest BCUT2D eigenvalue weighted by Gasteiger charge is 2.18. The average Bonchev–Trinajstić information content (AvgIpc) is 2.67. The average molecular weight is 256 g/mol. The molecular weight excluding hydrogens is 236 g/mol. The Hall–Kier alpha value is -1.10. The predicted octanol–water partition coefficient (Wildman–Crippen LogP) is 3.02. The first kappa shape index (κ1) is 14.0. The number of carboxylic acids is 1. The Bertz CT molecular complexity index is 390. The van der Waals surface area contributed by atoms with Crippen molar-refractivity contribution in [1.29, 1.82) is 0 Å². The summed E-state index contributed by atoms with van der Waals surface area (Å²) in [6.07, 6.45) is 1.12. The lowest BCUT2D eigenvalue weighted by Crippen LogP contribution is -2.28. The van der Waals surface area contributed by atoms with Gasteiger partial charge in [-0.15, -0.1) is 11.3 Å². The lowest BCUT2D eigenvalue weighted by molar-refractivity contribution is 0.0690. The smallest absolute Gasteiger partial charge is 0.355 e. The van der Waals surface area contributed by atoms with Gasteiger partial charge in [-0.2, -0.15) is 0 Å². The fourth-order valence-corrected chi connectivity index (χ4v) is 2.54. The van der Waals surface area contributed by atoms with Crippen LogP contribution < -0.4 is 4.90 Å². The number of carboxylic acid groups (broad SMARTS) is 1. The number of anilines is 1. The number of rotatable bonds is 6. The minimum atomic E-state index is -0.940. The van der Waals surface area contributed by atoms with Crippen molar-refractivity contribution in [3.05, 3.63) is 10.6 Å². The van der Waals surface area contributed by atoms with Crippen LogP contribution in [0.1, 0.15) is 42.6 Å². The number of carbonyl (C=O) groups is 1. The van der Waals surface area contributed by atoms with Gasteiger partial charge in [0.1, 0.15) is 0 Å². The van der Waals surface area contributed by atoms with Gasteiger partial charge in [-0.3, -0.25) is 0 Å². The molecule has 17 heavy (non-hydrogen) atoms. The third-order valence-electron chi connectivity index (χ3n) is 2.87. The lowest BCUT2D eigenvalue weighted by atomic mass is 10.1. The van der Waals surface area contributed by atoms with Crippen LogP contribution in [0.15, 0.2) is 0 Å². The normalized spacial score (nSPS) is 12.5. The van der Waals surface area contributed by atoms with Gasteiger partial charge in [0.05, 0.1) is 0 Å². The van der Waals surface area contributed by atoms with Crippen LogP contribution in [0.5, 0.6) is 0 Å². The van der Waals surface area contributed by atoms with E-state index in [1.807, 2.05) is 6.92 Å². The molecule has 0 spiro atoms. The van der Waals surface area contributed by atoms with Gasteiger partial charge in [-0.05, 0) is 19.8 Å². The van der Waals surface area contributed by atoms with Crippen LogP contribution in [0.2, 0.25) is 0 Å². The van der Waals surface area contributed by atoms with Gasteiger partial charge in [0.25, 0.3) is 0 Å². The van der Waals surface area contributed by atoms with Gasteiger partial charge >= 0.3 is 5.97 Å². The molecule has 0 aliphatic carbocycles. The largest absolute Gasteiger partial charge is 0.476 e. The van der Waals surface area contributed by atoms with Gasteiger partial charge in [0.2, 0.25) is 0 Å². The van der Waals surface area contributed by atoms with Gasteiger partial charge in [-0.25, -0.2) is 9.78 Å². The summed E-state index contributed by atoms with van der Waals surface area (Å²) in [4.78, 5) is 18.1. The van der Waals surface area contributed by atoms with E-state index in [9.17, 15) is 4.79 Å². The van der Waals surface area contributed by atoms with Crippen molar-refractivity contribution in [3.63, 3.8) is 0 Å². The first-order chi connectivity index (χ1) is 7.99. The maximum atomic E-state index is 11.0. The van der Waals surface area contributed by atoms with Gasteiger partial charge in [-0.1, -0.05) is 20.3 Å². The van der Waals surface area contributed by atoms with Crippen molar-refractivity contribution in [2.75, 3.05) is 18.0 Å². The molecule has 0 aliphatic rings. The summed E-state index contributed by atoms with van der Waals surface area (Å²) in [5.74, 6) is -0.350. The molecule has 1 N–H and O–H groups in total. The van der Waals surface area contributed by atoms with Crippen LogP contribution in [0, 0.1) is 12.8 Å². The van der Waals surface area contributed by atoms with Crippen LogP contribution in [0.4, 0.5) is 5.13 Å². The summed E-state index contributed by atoms with van der Waals surface area (Å²) in [5, 5.41) is 9.81. The van der Waals surface area contributed by atoms with Gasteiger partial charge in [0.15, 0.2) is 10.8 Å². The molecule has 1 aromatic rings. The van der Waals surface area contributed by atoms with Crippen LogP contribution in [-0.4, -0.2) is 29.1 Å². The standard InChI is InChI=1S/C12H20N2O2S/c1-5-8(3)7-14(6-2)12-13-10(11(15)16)9(4)17-12/h8H,5-7H2,1-4H3,(H,15,16). The number of hydrogen-bond donors (Lipinski definition) is 1. The highest BCUT2D eigenvalue weighted by molar-refractivity contribution is 7.15. The molecule has 1 unspecified atom stereocenters. The Morgan fingerprint density at radius 1 is 1.53 bits per heavy atom. The van der Waals surface area contributed by atoms with Crippen molar-refractivity contribution in [3.8, 4) is 0 Å². The van der Waals surface area contributed by atoms with Crippen molar-refractivity contribution in [2.45, 2.75) is 34.1 Å². The molecule has 96 valence electrons. The molecule has 4 nitrogen and oxygen atoms in total. The number of thiazole rings is 1. The third-order valence-corrected chi connectivity index (χ3v) is 3.90. The Kier molecular flexibility index (Phi) is 4.93. The van der Waals surface area contributed by atoms with E-state index in [2.05, 4.69) is 30.7 Å². The zero-order chi connectivity index (χ0) is 13.0. The van der Waals surface area contributed by atoms with Crippen molar-refractivity contribution in [2.24, 2.45) is 5.92 Å². The molecule has 1 atom stereocenters. The highest BCUT2D eigenvalue weighted by atomic mass is 32.1. The zero-order valence-electron chi connectivity index (χ0n) is 10.9. The van der Waals surface area contributed by atoms with Crippen molar-refractivity contribution < 1.29 is 9.90 Å². The molecule has 5 heteroatoms. The molecule has 0 bridgehead atoms. The van der Waals surface area contributed by atoms with Crippen molar-refractivity contribution >= 4 is 22.4 Å². The number of nitrogens with zero attached hydrogens (tertiary/aromatic N) is 2. The quantitative estimate of drug-likeness (QED) is 0.850. The van der Waals surface area contributed by atoms with Crippen LogP contribution in [0.3, 0.4) is 0 Å². The second-order valence-electron chi connectivity index (χ2n) is 4.26. The second kappa shape index (κ2) is 6.00. The summed E-state index contributed by atoms with van der Waals surface area (Å²) >= 11 is 1.46. The Labute approximate surface area is 106 Å². The summed E-state index contributed by atoms with van der Waals surface area (Å²) in [6, 6.07) is 0. The molecule has 0 fully saturated rings. The summed E-state index contributed by atoms with van der Waals surface area (Å²) in [7, 11) is 0. The molecule has 0 saturated carbocycles. The molecule has 1 aromatic heterocycles. The maximum Gasteiger partial charge on any atom is 0.355 e. The van der Waals surface area contributed by atoms with Gasteiger partial charge < -0.3 is 10.0 Å². The lowest BCUT2D eigenvalue weighted by Gasteiger charge is -2.23. The third kappa shape index (κ3) is 3.43. The van der Waals surface area contributed by atoms with Crippen LogP contribution in [-0.2, 0) is 0 Å². The minimum Gasteiger partial charge on any atom is -0.476 e. The molecule has 0 amide bonds. The van der Waals surface area contributed by atoms with E-state index in [0.29, 0.717) is 5.92 Å². The minimum absolute atomic E-state index is 0.188. The first-order valence-electron chi connectivity index (χ1n) is 5.95. The zero-order valence-corrected chi connectivity index (χ0v) is 11.7. The van der Waals surface area contributed by atoms with Crippen LogP contribution >= 0.6 is 11.3 Å². The van der Waals surface area contributed by atoms with Gasteiger partial charge in [0, 0.05) is 18.0 Å². The van der Waals surface area contributed by atoms with Crippen molar-refractivity contribution in [1.82, 2.24) is 4.98 Å². The SMILES string of the molecule is CCC(C)CN(CC)c1nc(C(=O)O)c(C)s1. The second-order valence-corrected chi connectivity index (χ2v) is 5.44. The monoisotopic (exact) mass is 256 g/mol. The first-order valence-corrected chi connectivity index (χ1v) is 6.76. The highest BCUT2D eigenvalue weighted by Crippen LogP contribution is 2.26. The van der Waals surface area contributed by atoms with E-state index >= 15 is 0 Å². The fourth-order valence-electron chi connectivity index (χ4n) is 1.56. The van der Waals surface area contributed by atoms with E-state index in [1.165, 1.54) is 11.3 Å². The number of aromatic nitrogens is 1. The molecular formula is C12H20N2O2S. The number of aryl methyl sites for hydroxylation is 1. The Morgan fingerprint density at radius 2 is 2.18 bits per heavy atom. The topological polar surface area (TPSA) is 53.4 Å². The Morgan fingerprint density at radius 3 is 2.59 bits per heavy atom.